The third-order valence-corrected chi connectivity index (χ3v) is 6.31. The van der Waals surface area contributed by atoms with Crippen molar-refractivity contribution in [3.05, 3.63) is 35.8 Å². The molecule has 1 aliphatic carbocycles. The Morgan fingerprint density at radius 3 is 2.42 bits per heavy atom. The summed E-state index contributed by atoms with van der Waals surface area (Å²) < 4.78 is 21.7. The fraction of sp³-hybridized carbons (Fsp3) is 0.462. The van der Waals surface area contributed by atoms with Gasteiger partial charge in [0.25, 0.3) is 11.8 Å². The highest BCUT2D eigenvalue weighted by molar-refractivity contribution is 6.60. The van der Waals surface area contributed by atoms with Gasteiger partial charge in [-0.1, -0.05) is 16.5 Å². The van der Waals surface area contributed by atoms with Crippen molar-refractivity contribution in [2.75, 3.05) is 58.3 Å². The maximum atomic E-state index is 12.9. The van der Waals surface area contributed by atoms with Crippen LogP contribution in [0.5, 0.6) is 5.75 Å². The van der Waals surface area contributed by atoms with E-state index in [-0.39, 0.29) is 34.9 Å². The zero-order valence-electron chi connectivity index (χ0n) is 24.3. The number of nitrogens with zero attached hydrogens (tertiary/aromatic N) is 5. The molecule has 2 amide bonds. The normalized spacial score (nSPS) is 13.1. The van der Waals surface area contributed by atoms with Crippen LogP contribution < -0.4 is 20.7 Å². The Balaban J connectivity index is 1.62. The van der Waals surface area contributed by atoms with Crippen molar-refractivity contribution < 1.29 is 28.3 Å². The Hall–Kier alpha value is -3.95. The van der Waals surface area contributed by atoms with E-state index in [4.69, 9.17) is 42.3 Å². The molecule has 6 radical (unpaired) electrons. The summed E-state index contributed by atoms with van der Waals surface area (Å²) in [5, 5.41) is 18.2. The van der Waals surface area contributed by atoms with Crippen LogP contribution in [-0.2, 0) is 20.8 Å². The van der Waals surface area contributed by atoms with E-state index in [0.29, 0.717) is 55.7 Å². The number of ether oxygens (including phenoxy) is 3. The second-order valence-corrected chi connectivity index (χ2v) is 9.93. The molecule has 0 saturated heterocycles. The topological polar surface area (TPSA) is 166 Å². The standard InChI is InChI=1S/C26H31B3N8O6/c1-40-11-9-37(10-12-41-2)14-20-32-25(43-36-20)16-5-4-6-17(22(16)42-3)30-18-13-19(31-23(38)15-7-8-15)34-35-21(18)24(39)33-26(27,28)29/h4-6,13,15H,7-12,14H2,1-3H3,(H,33,39)(H2,30,31,34,38). The van der Waals surface area contributed by atoms with Crippen molar-refractivity contribution >= 4 is 52.5 Å². The predicted molar refractivity (Wildman–Crippen MR) is 159 cm³/mol. The first kappa shape index (κ1) is 32.0. The van der Waals surface area contributed by atoms with Crippen molar-refractivity contribution in [2.45, 2.75) is 24.6 Å². The lowest BCUT2D eigenvalue weighted by Crippen LogP contribution is -2.50. The maximum absolute atomic E-state index is 12.9. The minimum Gasteiger partial charge on any atom is -0.494 e. The van der Waals surface area contributed by atoms with Gasteiger partial charge >= 0.3 is 0 Å². The van der Waals surface area contributed by atoms with Crippen molar-refractivity contribution in [1.29, 1.82) is 0 Å². The predicted octanol–water partition coefficient (Wildman–Crippen LogP) is 0.569. The molecule has 0 bridgehead atoms. The number of anilines is 3. The highest BCUT2D eigenvalue weighted by atomic mass is 16.5. The molecule has 3 aromatic rings. The molecular weight excluding hydrogens is 553 g/mol. The molecule has 1 fully saturated rings. The minimum atomic E-state index is -2.01. The Morgan fingerprint density at radius 1 is 1.07 bits per heavy atom. The number of methoxy groups -OCH3 is 3. The molecule has 0 atom stereocenters. The molecule has 43 heavy (non-hydrogen) atoms. The molecule has 0 spiro atoms. The van der Waals surface area contributed by atoms with Crippen LogP contribution in [0.15, 0.2) is 28.8 Å². The molecule has 0 aliphatic heterocycles. The van der Waals surface area contributed by atoms with E-state index in [1.807, 2.05) is 0 Å². The fourth-order valence-electron chi connectivity index (χ4n) is 4.05. The number of amides is 2. The lowest BCUT2D eigenvalue weighted by molar-refractivity contribution is -0.117. The summed E-state index contributed by atoms with van der Waals surface area (Å²) in [6.45, 7) is 2.80. The zero-order chi connectivity index (χ0) is 31.0. The number of hydrogen-bond acceptors (Lipinski definition) is 12. The van der Waals surface area contributed by atoms with E-state index in [1.54, 1.807) is 32.4 Å². The Kier molecular flexibility index (Phi) is 10.8. The lowest BCUT2D eigenvalue weighted by Gasteiger charge is -2.23. The summed E-state index contributed by atoms with van der Waals surface area (Å²) in [4.78, 5) is 31.9. The van der Waals surface area contributed by atoms with E-state index < -0.39 is 11.1 Å². The molecule has 0 unspecified atom stereocenters. The van der Waals surface area contributed by atoms with Gasteiger partial charge in [0, 0.05) is 39.3 Å². The second kappa shape index (κ2) is 14.5. The molecule has 14 nitrogen and oxygen atoms in total. The van der Waals surface area contributed by atoms with Gasteiger partial charge in [-0.3, -0.25) is 14.5 Å². The van der Waals surface area contributed by atoms with Crippen LogP contribution in [0.2, 0.25) is 0 Å². The maximum Gasteiger partial charge on any atom is 0.272 e. The number of carbonyl (C=O) groups is 2. The summed E-state index contributed by atoms with van der Waals surface area (Å²) >= 11 is 0. The molecule has 2 aromatic heterocycles. The Morgan fingerprint density at radius 2 is 1.79 bits per heavy atom. The molecule has 1 saturated carbocycles. The van der Waals surface area contributed by atoms with Crippen molar-refractivity contribution in [1.82, 2.24) is 30.6 Å². The highest BCUT2D eigenvalue weighted by Gasteiger charge is 2.30. The van der Waals surface area contributed by atoms with Crippen LogP contribution in [0.1, 0.15) is 29.2 Å². The first-order valence-corrected chi connectivity index (χ1v) is 13.5. The summed E-state index contributed by atoms with van der Waals surface area (Å²) in [6, 6.07) is 6.65. The van der Waals surface area contributed by atoms with Gasteiger partial charge in [-0.2, -0.15) is 4.98 Å². The zero-order valence-corrected chi connectivity index (χ0v) is 24.3. The average Bonchev–Trinajstić information content (AvgIpc) is 3.72. The quantitative estimate of drug-likeness (QED) is 0.201. The third kappa shape index (κ3) is 9.02. The molecule has 3 N–H and O–H groups in total. The van der Waals surface area contributed by atoms with E-state index in [1.165, 1.54) is 13.2 Å². The molecular formula is C26H31B3N8O6. The van der Waals surface area contributed by atoms with Gasteiger partial charge in [0.1, 0.15) is 0 Å². The molecule has 1 aromatic carbocycles. The Labute approximate surface area is 253 Å². The van der Waals surface area contributed by atoms with E-state index in [9.17, 15) is 9.59 Å². The smallest absolute Gasteiger partial charge is 0.272 e. The van der Waals surface area contributed by atoms with Crippen LogP contribution in [0.25, 0.3) is 11.5 Å². The van der Waals surface area contributed by atoms with Crippen LogP contribution in [0.3, 0.4) is 0 Å². The molecule has 220 valence electrons. The van der Waals surface area contributed by atoms with Crippen LogP contribution in [0, 0.1) is 5.92 Å². The van der Waals surface area contributed by atoms with Crippen LogP contribution in [-0.4, -0.2) is 113 Å². The number of hydrogen-bond donors (Lipinski definition) is 3. The van der Waals surface area contributed by atoms with E-state index in [2.05, 4.69) is 41.2 Å². The van der Waals surface area contributed by atoms with Crippen molar-refractivity contribution in [3.63, 3.8) is 0 Å². The SMILES string of the molecule is [B]C([B])([B])NC(=O)c1nnc(NC(=O)C2CC2)cc1Nc1cccc(-c2nc(CN(CCOC)CCOC)no2)c1OC. The van der Waals surface area contributed by atoms with Gasteiger partial charge in [-0.15, -0.1) is 10.2 Å². The molecule has 2 heterocycles. The monoisotopic (exact) mass is 584 g/mol. The second-order valence-electron chi connectivity index (χ2n) is 9.93. The number of carbonyl (C=O) groups excluding carboxylic acids is 2. The number of nitrogens with one attached hydrogen (secondary N) is 3. The summed E-state index contributed by atoms with van der Waals surface area (Å²) in [6.07, 6.45) is 1.60. The molecule has 17 heteroatoms. The lowest BCUT2D eigenvalue weighted by atomic mass is 9.49. The first-order valence-electron chi connectivity index (χ1n) is 13.5. The summed E-state index contributed by atoms with van der Waals surface area (Å²) in [5.74, 6) is 0.102. The van der Waals surface area contributed by atoms with Gasteiger partial charge < -0.3 is 34.7 Å². The number of aromatic nitrogens is 4. The first-order chi connectivity index (χ1) is 20.6. The van der Waals surface area contributed by atoms with E-state index in [0.717, 1.165) is 12.8 Å². The van der Waals surface area contributed by atoms with Crippen molar-refractivity contribution in [3.8, 4) is 17.2 Å². The third-order valence-electron chi connectivity index (χ3n) is 6.31. The number of benzene rings is 1. The molecule has 1 aliphatic rings. The summed E-state index contributed by atoms with van der Waals surface area (Å²) in [5.41, 5.74) is 0.890. The average molecular weight is 584 g/mol. The largest absolute Gasteiger partial charge is 0.494 e. The Bertz CT molecular complexity index is 1410. The van der Waals surface area contributed by atoms with Gasteiger partial charge in [0.05, 0.1) is 67.3 Å². The number of para-hydroxylation sites is 1. The minimum absolute atomic E-state index is 0.0726. The fourth-order valence-corrected chi connectivity index (χ4v) is 4.05. The van der Waals surface area contributed by atoms with Gasteiger partial charge in [0.2, 0.25) is 5.91 Å². The van der Waals surface area contributed by atoms with Crippen LogP contribution in [0.4, 0.5) is 17.2 Å². The van der Waals surface area contributed by atoms with Crippen LogP contribution >= 0.6 is 0 Å². The molecule has 4 rings (SSSR count). The van der Waals surface area contributed by atoms with Crippen molar-refractivity contribution in [2.24, 2.45) is 5.92 Å². The van der Waals surface area contributed by atoms with E-state index >= 15 is 0 Å². The van der Waals surface area contributed by atoms with Gasteiger partial charge in [0.15, 0.2) is 23.1 Å². The summed E-state index contributed by atoms with van der Waals surface area (Å²) in [7, 11) is 21.4. The number of rotatable bonds is 16. The van der Waals surface area contributed by atoms with Gasteiger partial charge in [-0.05, 0) is 25.0 Å². The van der Waals surface area contributed by atoms with Gasteiger partial charge in [-0.25, -0.2) is 0 Å². The highest BCUT2D eigenvalue weighted by Crippen LogP contribution is 2.38.